The molecule has 19 heavy (non-hydrogen) atoms. The lowest BCUT2D eigenvalue weighted by Crippen LogP contribution is -2.30. The Balaban J connectivity index is 2.19. The molecule has 0 radical (unpaired) electrons. The highest BCUT2D eigenvalue weighted by molar-refractivity contribution is 5.95. The minimum absolute atomic E-state index is 0.0406. The number of carbonyl (C=O) groups is 1. The summed E-state index contributed by atoms with van der Waals surface area (Å²) < 4.78 is 5.43. The quantitative estimate of drug-likeness (QED) is 0.852. The van der Waals surface area contributed by atoms with Crippen LogP contribution in [-0.4, -0.2) is 30.5 Å². The van der Waals surface area contributed by atoms with E-state index in [4.69, 9.17) is 10.5 Å². The van der Waals surface area contributed by atoms with Crippen molar-refractivity contribution in [3.05, 3.63) is 23.8 Å². The molecular formula is C15H22N2O2. The van der Waals surface area contributed by atoms with E-state index < -0.39 is 0 Å². The summed E-state index contributed by atoms with van der Waals surface area (Å²) in [6.07, 6.45) is 1.04. The molecule has 2 N–H and O–H groups in total. The van der Waals surface area contributed by atoms with Gasteiger partial charge >= 0.3 is 0 Å². The maximum atomic E-state index is 12.5. The van der Waals surface area contributed by atoms with Gasteiger partial charge in [0.05, 0.1) is 6.61 Å². The van der Waals surface area contributed by atoms with Gasteiger partial charge in [0, 0.05) is 30.4 Å². The molecule has 1 fully saturated rings. The third kappa shape index (κ3) is 3.19. The van der Waals surface area contributed by atoms with Gasteiger partial charge in [0.2, 0.25) is 0 Å². The van der Waals surface area contributed by atoms with Crippen LogP contribution in [0.5, 0.6) is 5.75 Å². The predicted molar refractivity (Wildman–Crippen MR) is 76.3 cm³/mol. The van der Waals surface area contributed by atoms with Crippen molar-refractivity contribution in [3.8, 4) is 5.75 Å². The van der Waals surface area contributed by atoms with Gasteiger partial charge in [-0.3, -0.25) is 4.79 Å². The van der Waals surface area contributed by atoms with E-state index in [0.29, 0.717) is 23.6 Å². The first kappa shape index (κ1) is 13.7. The van der Waals surface area contributed by atoms with Gasteiger partial charge < -0.3 is 15.4 Å². The summed E-state index contributed by atoms with van der Waals surface area (Å²) in [5.41, 5.74) is 7.21. The molecule has 0 unspecified atom stereocenters. The fraction of sp³-hybridized carbons (Fsp3) is 0.533. The number of carbonyl (C=O) groups excluding carboxylic acids is 1. The number of nitrogen functional groups attached to an aromatic ring is 1. The number of ether oxygens (including phenoxy) is 1. The maximum absolute atomic E-state index is 12.5. The van der Waals surface area contributed by atoms with Crippen molar-refractivity contribution in [1.82, 2.24) is 4.90 Å². The van der Waals surface area contributed by atoms with E-state index in [9.17, 15) is 4.79 Å². The van der Waals surface area contributed by atoms with Crippen LogP contribution in [0.4, 0.5) is 5.69 Å². The summed E-state index contributed by atoms with van der Waals surface area (Å²) in [6.45, 7) is 8.45. The van der Waals surface area contributed by atoms with Crippen LogP contribution in [-0.2, 0) is 0 Å². The van der Waals surface area contributed by atoms with Crippen LogP contribution in [0, 0.1) is 5.41 Å². The molecule has 4 nitrogen and oxygen atoms in total. The molecule has 1 heterocycles. The Labute approximate surface area is 114 Å². The van der Waals surface area contributed by atoms with Crippen LogP contribution in [0.15, 0.2) is 18.2 Å². The van der Waals surface area contributed by atoms with Crippen molar-refractivity contribution in [2.24, 2.45) is 5.41 Å². The van der Waals surface area contributed by atoms with Gasteiger partial charge in [0.15, 0.2) is 0 Å². The van der Waals surface area contributed by atoms with Crippen molar-refractivity contribution < 1.29 is 9.53 Å². The Morgan fingerprint density at radius 3 is 2.74 bits per heavy atom. The molecule has 104 valence electrons. The van der Waals surface area contributed by atoms with Crippen LogP contribution in [0.1, 0.15) is 37.6 Å². The zero-order valence-electron chi connectivity index (χ0n) is 11.9. The molecule has 1 amide bonds. The minimum Gasteiger partial charge on any atom is -0.494 e. The highest BCUT2D eigenvalue weighted by Gasteiger charge is 2.32. The number of rotatable bonds is 3. The summed E-state index contributed by atoms with van der Waals surface area (Å²) in [5, 5.41) is 0. The maximum Gasteiger partial charge on any atom is 0.254 e. The third-order valence-corrected chi connectivity index (χ3v) is 3.45. The molecule has 0 aromatic heterocycles. The zero-order chi connectivity index (χ0) is 14.0. The second-order valence-electron chi connectivity index (χ2n) is 5.86. The summed E-state index contributed by atoms with van der Waals surface area (Å²) in [7, 11) is 0. The monoisotopic (exact) mass is 262 g/mol. The highest BCUT2D eigenvalue weighted by Crippen LogP contribution is 2.30. The number of benzene rings is 1. The molecule has 0 saturated carbocycles. The highest BCUT2D eigenvalue weighted by atomic mass is 16.5. The first-order valence-electron chi connectivity index (χ1n) is 6.74. The van der Waals surface area contributed by atoms with E-state index in [-0.39, 0.29) is 11.3 Å². The molecule has 0 aliphatic carbocycles. The van der Waals surface area contributed by atoms with Crippen LogP contribution in [0.3, 0.4) is 0 Å². The third-order valence-electron chi connectivity index (χ3n) is 3.45. The molecule has 0 atom stereocenters. The van der Waals surface area contributed by atoms with Crippen molar-refractivity contribution in [2.75, 3.05) is 25.4 Å². The molecule has 1 aromatic carbocycles. The van der Waals surface area contributed by atoms with E-state index in [1.807, 2.05) is 11.8 Å². The van der Waals surface area contributed by atoms with Gasteiger partial charge in [-0.2, -0.15) is 0 Å². The number of hydrogen-bond donors (Lipinski definition) is 1. The summed E-state index contributed by atoms with van der Waals surface area (Å²) >= 11 is 0. The van der Waals surface area contributed by atoms with E-state index in [0.717, 1.165) is 19.5 Å². The smallest absolute Gasteiger partial charge is 0.254 e. The van der Waals surface area contributed by atoms with Crippen molar-refractivity contribution >= 4 is 11.6 Å². The fourth-order valence-corrected chi connectivity index (χ4v) is 2.46. The van der Waals surface area contributed by atoms with Crippen LogP contribution in [0.25, 0.3) is 0 Å². The lowest BCUT2D eigenvalue weighted by molar-refractivity contribution is 0.0778. The van der Waals surface area contributed by atoms with Crippen molar-refractivity contribution in [3.63, 3.8) is 0 Å². The molecule has 1 saturated heterocycles. The number of hydrogen-bond acceptors (Lipinski definition) is 3. The number of likely N-dealkylation sites (tertiary alicyclic amines) is 1. The first-order valence-corrected chi connectivity index (χ1v) is 6.74. The zero-order valence-corrected chi connectivity index (χ0v) is 11.9. The normalized spacial score (nSPS) is 17.5. The number of amides is 1. The lowest BCUT2D eigenvalue weighted by atomic mass is 9.93. The molecule has 2 rings (SSSR count). The van der Waals surface area contributed by atoms with Crippen molar-refractivity contribution in [2.45, 2.75) is 27.2 Å². The molecule has 4 heteroatoms. The van der Waals surface area contributed by atoms with E-state index in [1.165, 1.54) is 0 Å². The van der Waals surface area contributed by atoms with Crippen molar-refractivity contribution in [1.29, 1.82) is 0 Å². The Bertz CT molecular complexity index is 483. The van der Waals surface area contributed by atoms with Gasteiger partial charge in [0.25, 0.3) is 5.91 Å². The van der Waals surface area contributed by atoms with Gasteiger partial charge in [-0.25, -0.2) is 0 Å². The van der Waals surface area contributed by atoms with Crippen LogP contribution in [0.2, 0.25) is 0 Å². The summed E-state index contributed by atoms with van der Waals surface area (Å²) in [5.74, 6) is 0.697. The second-order valence-corrected chi connectivity index (χ2v) is 5.86. The molecule has 0 spiro atoms. The van der Waals surface area contributed by atoms with E-state index >= 15 is 0 Å². The summed E-state index contributed by atoms with van der Waals surface area (Å²) in [4.78, 5) is 14.4. The lowest BCUT2D eigenvalue weighted by Gasteiger charge is -2.20. The average Bonchev–Trinajstić information content (AvgIpc) is 2.68. The van der Waals surface area contributed by atoms with Gasteiger partial charge in [-0.15, -0.1) is 0 Å². The Morgan fingerprint density at radius 2 is 2.16 bits per heavy atom. The molecular weight excluding hydrogens is 240 g/mol. The largest absolute Gasteiger partial charge is 0.494 e. The standard InChI is InChI=1S/C15H22N2O2/c1-4-19-13-8-11(7-12(16)9-13)14(18)17-6-5-15(2,3)10-17/h7-9H,4-6,10,16H2,1-3H3. The topological polar surface area (TPSA) is 55.6 Å². The van der Waals surface area contributed by atoms with Gasteiger partial charge in [0.1, 0.15) is 5.75 Å². The molecule has 0 bridgehead atoms. The van der Waals surface area contributed by atoms with E-state index in [2.05, 4.69) is 13.8 Å². The number of nitrogens with zero attached hydrogens (tertiary/aromatic N) is 1. The minimum atomic E-state index is 0.0406. The Morgan fingerprint density at radius 1 is 1.42 bits per heavy atom. The first-order chi connectivity index (χ1) is 8.91. The Hall–Kier alpha value is -1.71. The predicted octanol–water partition coefficient (Wildman–Crippen LogP) is 2.54. The Kier molecular flexibility index (Phi) is 3.69. The van der Waals surface area contributed by atoms with Crippen LogP contribution >= 0.6 is 0 Å². The molecule has 1 aromatic rings. The molecule has 1 aliphatic rings. The number of anilines is 1. The van der Waals surface area contributed by atoms with Gasteiger partial charge in [-0.05, 0) is 30.9 Å². The number of nitrogens with two attached hydrogens (primary N) is 1. The van der Waals surface area contributed by atoms with Gasteiger partial charge in [-0.1, -0.05) is 13.8 Å². The average molecular weight is 262 g/mol. The second kappa shape index (κ2) is 5.11. The SMILES string of the molecule is CCOc1cc(N)cc(C(=O)N2CCC(C)(C)C2)c1. The van der Waals surface area contributed by atoms with E-state index in [1.54, 1.807) is 18.2 Å². The summed E-state index contributed by atoms with van der Waals surface area (Å²) in [6, 6.07) is 5.23. The van der Waals surface area contributed by atoms with Crippen LogP contribution < -0.4 is 10.5 Å². The fourth-order valence-electron chi connectivity index (χ4n) is 2.46. The molecule has 1 aliphatic heterocycles.